The highest BCUT2D eigenvalue weighted by Gasteiger charge is 2.22. The molecular weight excluding hydrogens is 200 g/mol. The summed E-state index contributed by atoms with van der Waals surface area (Å²) in [7, 11) is 3.85. The molecule has 0 unspecified atom stereocenters. The zero-order chi connectivity index (χ0) is 11.5. The number of benzene rings is 1. The Morgan fingerprint density at radius 3 is 2.94 bits per heavy atom. The van der Waals surface area contributed by atoms with Crippen molar-refractivity contribution in [2.24, 2.45) is 5.73 Å². The topological polar surface area (TPSA) is 38.3 Å². The summed E-state index contributed by atoms with van der Waals surface area (Å²) in [6, 6.07) is 6.31. The maximum Gasteiger partial charge on any atom is 0.184 e. The van der Waals surface area contributed by atoms with Crippen LogP contribution in [0.25, 0.3) is 0 Å². The summed E-state index contributed by atoms with van der Waals surface area (Å²) in [4.78, 5) is 0. The smallest absolute Gasteiger partial charge is 0.184 e. The summed E-state index contributed by atoms with van der Waals surface area (Å²) in [6.45, 7) is 1.76. The number of fused-ring (bicyclic) bond motifs is 1. The lowest BCUT2D eigenvalue weighted by molar-refractivity contribution is -0.499. The Balaban J connectivity index is 2.43. The molecule has 86 valence electrons. The van der Waals surface area contributed by atoms with E-state index in [4.69, 9.17) is 10.5 Å². The van der Waals surface area contributed by atoms with Crippen molar-refractivity contribution in [1.82, 2.24) is 0 Å². The molecule has 0 saturated carbocycles. The molecule has 0 aromatic heterocycles. The number of likely N-dealkylation sites (N-methyl/N-ethyl adjacent to an activating group) is 1. The summed E-state index contributed by atoms with van der Waals surface area (Å²) >= 11 is 0. The molecule has 2 rings (SSSR count). The van der Waals surface area contributed by atoms with Gasteiger partial charge in [0.1, 0.15) is 19.3 Å². The maximum atomic E-state index is 5.66. The van der Waals surface area contributed by atoms with E-state index in [1.165, 1.54) is 16.8 Å². The van der Waals surface area contributed by atoms with Crippen LogP contribution in [0.3, 0.4) is 0 Å². The van der Waals surface area contributed by atoms with E-state index >= 15 is 0 Å². The third kappa shape index (κ3) is 1.95. The lowest BCUT2D eigenvalue weighted by Gasteiger charge is -2.17. The molecule has 0 amide bonds. The first kappa shape index (κ1) is 11.1. The molecule has 0 aliphatic carbocycles. The normalized spacial score (nSPS) is 14.9. The van der Waals surface area contributed by atoms with Gasteiger partial charge in [0.05, 0.1) is 7.11 Å². The molecule has 1 heterocycles. The quantitative estimate of drug-likeness (QED) is 0.771. The number of rotatable bonds is 3. The van der Waals surface area contributed by atoms with Gasteiger partial charge < -0.3 is 10.5 Å². The Hall–Kier alpha value is -1.35. The van der Waals surface area contributed by atoms with Crippen molar-refractivity contribution in [2.45, 2.75) is 12.8 Å². The van der Waals surface area contributed by atoms with Crippen molar-refractivity contribution in [3.05, 3.63) is 29.3 Å². The first-order valence-electron chi connectivity index (χ1n) is 5.70. The average molecular weight is 219 g/mol. The van der Waals surface area contributed by atoms with Crippen LogP contribution in [0.5, 0.6) is 5.75 Å². The number of ether oxygens (including phenoxy) is 1. The Morgan fingerprint density at radius 1 is 1.44 bits per heavy atom. The molecule has 1 aliphatic rings. The van der Waals surface area contributed by atoms with Gasteiger partial charge in [-0.15, -0.1) is 0 Å². The fourth-order valence-corrected chi connectivity index (χ4v) is 2.28. The molecular formula is C13H19N2O+. The molecule has 0 fully saturated rings. The second-order valence-electron chi connectivity index (χ2n) is 4.18. The predicted octanol–water partition coefficient (Wildman–Crippen LogP) is 1.03. The van der Waals surface area contributed by atoms with Crippen molar-refractivity contribution in [3.8, 4) is 5.75 Å². The molecule has 1 aromatic rings. The van der Waals surface area contributed by atoms with Gasteiger partial charge >= 0.3 is 0 Å². The summed E-state index contributed by atoms with van der Waals surface area (Å²) in [6.07, 6.45) is 2.02. The van der Waals surface area contributed by atoms with E-state index in [2.05, 4.69) is 23.8 Å². The molecule has 0 radical (unpaired) electrons. The van der Waals surface area contributed by atoms with Crippen LogP contribution in [0.1, 0.15) is 17.5 Å². The first-order chi connectivity index (χ1) is 7.76. The van der Waals surface area contributed by atoms with Crippen LogP contribution in [-0.4, -0.2) is 37.5 Å². The summed E-state index contributed by atoms with van der Waals surface area (Å²) in [5.74, 6) is 0.940. The largest absolute Gasteiger partial charge is 0.497 e. The van der Waals surface area contributed by atoms with Gasteiger partial charge in [0, 0.05) is 24.9 Å². The van der Waals surface area contributed by atoms with Crippen LogP contribution >= 0.6 is 0 Å². The van der Waals surface area contributed by atoms with Gasteiger partial charge in [-0.2, -0.15) is 0 Å². The first-order valence-corrected chi connectivity index (χ1v) is 5.70. The van der Waals surface area contributed by atoms with Crippen molar-refractivity contribution < 1.29 is 9.31 Å². The Morgan fingerprint density at radius 2 is 2.25 bits per heavy atom. The number of nitrogens with zero attached hydrogens (tertiary/aromatic N) is 1. The highest BCUT2D eigenvalue weighted by Crippen LogP contribution is 2.22. The number of hydrogen-bond donors (Lipinski definition) is 1. The molecule has 2 N–H and O–H groups in total. The molecule has 0 saturated heterocycles. The molecule has 0 bridgehead atoms. The SMILES string of the molecule is COc1ccc2c(c1)CC[N+](C)=C2CCN. The van der Waals surface area contributed by atoms with Crippen LogP contribution < -0.4 is 10.5 Å². The van der Waals surface area contributed by atoms with Gasteiger partial charge in [0.2, 0.25) is 0 Å². The van der Waals surface area contributed by atoms with Crippen molar-refractivity contribution in [1.29, 1.82) is 0 Å². The molecule has 16 heavy (non-hydrogen) atoms. The Bertz CT molecular complexity index is 424. The van der Waals surface area contributed by atoms with Crippen LogP contribution in [0.4, 0.5) is 0 Å². The van der Waals surface area contributed by atoms with Crippen LogP contribution in [0.15, 0.2) is 18.2 Å². The molecule has 1 aromatic carbocycles. The van der Waals surface area contributed by atoms with Crippen molar-refractivity contribution in [2.75, 3.05) is 27.2 Å². The van der Waals surface area contributed by atoms with E-state index in [1.807, 2.05) is 6.07 Å². The van der Waals surface area contributed by atoms with Crippen LogP contribution in [-0.2, 0) is 6.42 Å². The fraction of sp³-hybridized carbons (Fsp3) is 0.462. The second kappa shape index (κ2) is 4.66. The summed E-state index contributed by atoms with van der Waals surface area (Å²) in [5, 5.41) is 0. The van der Waals surface area contributed by atoms with E-state index in [9.17, 15) is 0 Å². The van der Waals surface area contributed by atoms with Gasteiger partial charge in [-0.3, -0.25) is 0 Å². The summed E-state index contributed by atoms with van der Waals surface area (Å²) < 4.78 is 7.56. The van der Waals surface area contributed by atoms with E-state index in [0.29, 0.717) is 6.54 Å². The highest BCUT2D eigenvalue weighted by molar-refractivity contribution is 5.99. The molecule has 3 heteroatoms. The van der Waals surface area contributed by atoms with Crippen LogP contribution in [0, 0.1) is 0 Å². The van der Waals surface area contributed by atoms with E-state index < -0.39 is 0 Å². The number of nitrogens with two attached hydrogens (primary N) is 1. The lowest BCUT2D eigenvalue weighted by Crippen LogP contribution is -2.29. The summed E-state index contributed by atoms with van der Waals surface area (Å²) in [5.41, 5.74) is 9.72. The third-order valence-corrected chi connectivity index (χ3v) is 3.18. The zero-order valence-electron chi connectivity index (χ0n) is 9.99. The minimum atomic E-state index is 0.700. The van der Waals surface area contributed by atoms with Crippen molar-refractivity contribution >= 4 is 5.71 Å². The van der Waals surface area contributed by atoms with Gasteiger partial charge in [0.25, 0.3) is 0 Å². The minimum Gasteiger partial charge on any atom is -0.497 e. The van der Waals surface area contributed by atoms with Crippen LogP contribution in [0.2, 0.25) is 0 Å². The molecule has 1 aliphatic heterocycles. The average Bonchev–Trinajstić information content (AvgIpc) is 2.32. The van der Waals surface area contributed by atoms with Gasteiger partial charge in [-0.05, 0) is 23.8 Å². The van der Waals surface area contributed by atoms with Gasteiger partial charge in [-0.25, -0.2) is 4.58 Å². The lowest BCUT2D eigenvalue weighted by atomic mass is 9.95. The number of hydrogen-bond acceptors (Lipinski definition) is 2. The second-order valence-corrected chi connectivity index (χ2v) is 4.18. The maximum absolute atomic E-state index is 5.66. The molecule has 0 atom stereocenters. The molecule has 0 spiro atoms. The molecule has 3 nitrogen and oxygen atoms in total. The van der Waals surface area contributed by atoms with Crippen molar-refractivity contribution in [3.63, 3.8) is 0 Å². The third-order valence-electron chi connectivity index (χ3n) is 3.18. The standard InChI is InChI=1S/C13H19N2O/c1-15-8-6-10-9-11(16-2)3-4-12(10)13(15)5-7-14/h3-4,9H,5-8,14H2,1-2H3/q+1. The van der Waals surface area contributed by atoms with E-state index in [-0.39, 0.29) is 0 Å². The van der Waals surface area contributed by atoms with Gasteiger partial charge in [0.15, 0.2) is 5.71 Å². The Kier molecular flexibility index (Phi) is 3.25. The zero-order valence-corrected chi connectivity index (χ0v) is 9.99. The minimum absolute atomic E-state index is 0.700. The fourth-order valence-electron chi connectivity index (χ4n) is 2.28. The van der Waals surface area contributed by atoms with E-state index in [0.717, 1.165) is 25.1 Å². The Labute approximate surface area is 96.5 Å². The van der Waals surface area contributed by atoms with Gasteiger partial charge in [-0.1, -0.05) is 0 Å². The monoisotopic (exact) mass is 219 g/mol. The van der Waals surface area contributed by atoms with E-state index in [1.54, 1.807) is 7.11 Å². The number of methoxy groups -OCH3 is 1. The predicted molar refractivity (Wildman–Crippen MR) is 65.5 cm³/mol. The highest BCUT2D eigenvalue weighted by atomic mass is 16.5.